The predicted molar refractivity (Wildman–Crippen MR) is 112 cm³/mol. The Bertz CT molecular complexity index is 1180. The fourth-order valence-electron chi connectivity index (χ4n) is 3.62. The Morgan fingerprint density at radius 2 is 1.93 bits per heavy atom. The summed E-state index contributed by atoms with van der Waals surface area (Å²) < 4.78 is 7.37. The van der Waals surface area contributed by atoms with Crippen LogP contribution in [0, 0.1) is 6.92 Å². The van der Waals surface area contributed by atoms with Crippen molar-refractivity contribution in [3.8, 4) is 0 Å². The van der Waals surface area contributed by atoms with Crippen molar-refractivity contribution in [2.24, 2.45) is 0 Å². The molecule has 28 heavy (non-hydrogen) atoms. The van der Waals surface area contributed by atoms with Gasteiger partial charge in [0.25, 0.3) is 0 Å². The molecule has 4 rings (SSSR count). The lowest BCUT2D eigenvalue weighted by Gasteiger charge is -2.12. The van der Waals surface area contributed by atoms with Gasteiger partial charge in [-0.1, -0.05) is 29.4 Å². The Kier molecular flexibility index (Phi) is 4.74. The summed E-state index contributed by atoms with van der Waals surface area (Å²) in [6.45, 7) is 5.34. The lowest BCUT2D eigenvalue weighted by molar-refractivity contribution is -0.125. The minimum atomic E-state index is -0.0725. The van der Waals surface area contributed by atoms with Gasteiger partial charge >= 0.3 is 0 Å². The maximum Gasteiger partial charge on any atom is 0.246 e. The number of hydrogen-bond acceptors (Lipinski definition) is 3. The van der Waals surface area contributed by atoms with E-state index in [0.29, 0.717) is 6.54 Å². The molecule has 0 saturated heterocycles. The molecule has 0 bridgehead atoms. The van der Waals surface area contributed by atoms with Crippen molar-refractivity contribution in [1.29, 1.82) is 0 Å². The minimum Gasteiger partial charge on any atom is -0.361 e. The third kappa shape index (κ3) is 3.31. The molecule has 142 valence electrons. The van der Waals surface area contributed by atoms with E-state index in [9.17, 15) is 4.79 Å². The maximum atomic E-state index is 12.4. The van der Waals surface area contributed by atoms with E-state index in [-0.39, 0.29) is 5.91 Å². The summed E-state index contributed by atoms with van der Waals surface area (Å²) in [4.78, 5) is 14.1. The van der Waals surface area contributed by atoms with Crippen LogP contribution in [0.25, 0.3) is 27.9 Å². The average Bonchev–Trinajstić information content (AvgIpc) is 3.26. The second kappa shape index (κ2) is 7.35. The number of benzene rings is 2. The van der Waals surface area contributed by atoms with Gasteiger partial charge in [-0.25, -0.2) is 0 Å². The van der Waals surface area contributed by atoms with Crippen LogP contribution in [-0.4, -0.2) is 27.6 Å². The molecule has 4 aromatic rings. The fraction of sp³-hybridized carbons (Fsp3) is 0.217. The van der Waals surface area contributed by atoms with E-state index in [4.69, 9.17) is 4.52 Å². The predicted octanol–water partition coefficient (Wildman–Crippen LogP) is 4.78. The minimum absolute atomic E-state index is 0.0725. The van der Waals surface area contributed by atoms with Crippen LogP contribution in [0.1, 0.15) is 23.9 Å². The highest BCUT2D eigenvalue weighted by Gasteiger charge is 2.11. The molecule has 5 nitrogen and oxygen atoms in total. The summed E-state index contributed by atoms with van der Waals surface area (Å²) in [7, 11) is 1.76. The van der Waals surface area contributed by atoms with Gasteiger partial charge in [-0.3, -0.25) is 4.79 Å². The highest BCUT2D eigenvalue weighted by Crippen LogP contribution is 2.29. The molecule has 0 aliphatic rings. The zero-order valence-corrected chi connectivity index (χ0v) is 16.3. The number of para-hydroxylation sites is 1. The van der Waals surface area contributed by atoms with E-state index in [1.54, 1.807) is 18.0 Å². The third-order valence-corrected chi connectivity index (χ3v) is 4.98. The fourth-order valence-corrected chi connectivity index (χ4v) is 3.62. The van der Waals surface area contributed by atoms with Gasteiger partial charge in [0.15, 0.2) is 0 Å². The quantitative estimate of drug-likeness (QED) is 0.473. The SMILES string of the molecule is CCn1c2ccccc2c2cc(C=CC(=O)N(C)Cc3cc(C)on3)ccc21. The first-order chi connectivity index (χ1) is 13.6. The van der Waals surface area contributed by atoms with Gasteiger partial charge < -0.3 is 14.0 Å². The summed E-state index contributed by atoms with van der Waals surface area (Å²) in [6.07, 6.45) is 3.47. The Balaban J connectivity index is 1.59. The Morgan fingerprint density at radius 3 is 2.68 bits per heavy atom. The molecule has 0 unspecified atom stereocenters. The molecule has 5 heteroatoms. The summed E-state index contributed by atoms with van der Waals surface area (Å²) in [5.74, 6) is 0.669. The summed E-state index contributed by atoms with van der Waals surface area (Å²) >= 11 is 0. The summed E-state index contributed by atoms with van der Waals surface area (Å²) in [5.41, 5.74) is 4.20. The standard InChI is InChI=1S/C23H23N3O2/c1-4-26-21-8-6-5-7-19(21)20-14-17(9-11-22(20)26)10-12-23(27)25(3)15-18-13-16(2)28-24-18/h5-14H,4,15H2,1-3H3. The molecule has 2 aromatic heterocycles. The first-order valence-electron chi connectivity index (χ1n) is 9.43. The Morgan fingerprint density at radius 1 is 1.14 bits per heavy atom. The van der Waals surface area contributed by atoms with Crippen LogP contribution in [0.5, 0.6) is 0 Å². The molecule has 0 spiro atoms. The normalized spacial score (nSPS) is 11.7. The topological polar surface area (TPSA) is 51.3 Å². The van der Waals surface area contributed by atoms with E-state index in [2.05, 4.69) is 59.1 Å². The van der Waals surface area contributed by atoms with Gasteiger partial charge in [0.2, 0.25) is 5.91 Å². The molecule has 0 aliphatic heterocycles. The smallest absolute Gasteiger partial charge is 0.246 e. The highest BCUT2D eigenvalue weighted by molar-refractivity contribution is 6.08. The average molecular weight is 373 g/mol. The number of likely N-dealkylation sites (N-methyl/N-ethyl adjacent to an activating group) is 1. The van der Waals surface area contributed by atoms with Gasteiger partial charge in [-0.2, -0.15) is 0 Å². The van der Waals surface area contributed by atoms with E-state index < -0.39 is 0 Å². The molecular weight excluding hydrogens is 350 g/mol. The molecule has 0 fully saturated rings. The first kappa shape index (κ1) is 18.0. The molecule has 0 N–H and O–H groups in total. The Labute approximate surface area is 163 Å². The third-order valence-electron chi connectivity index (χ3n) is 4.98. The van der Waals surface area contributed by atoms with E-state index >= 15 is 0 Å². The van der Waals surface area contributed by atoms with Crippen molar-refractivity contribution in [3.05, 3.63) is 71.6 Å². The second-order valence-corrected chi connectivity index (χ2v) is 6.99. The van der Waals surface area contributed by atoms with Crippen LogP contribution < -0.4 is 0 Å². The van der Waals surface area contributed by atoms with Crippen molar-refractivity contribution in [3.63, 3.8) is 0 Å². The highest BCUT2D eigenvalue weighted by atomic mass is 16.5. The van der Waals surface area contributed by atoms with Crippen molar-refractivity contribution in [1.82, 2.24) is 14.6 Å². The van der Waals surface area contributed by atoms with Crippen molar-refractivity contribution < 1.29 is 9.32 Å². The van der Waals surface area contributed by atoms with Gasteiger partial charge in [-0.05, 0) is 43.7 Å². The lowest BCUT2D eigenvalue weighted by atomic mass is 10.1. The van der Waals surface area contributed by atoms with Crippen LogP contribution >= 0.6 is 0 Å². The van der Waals surface area contributed by atoms with Crippen molar-refractivity contribution in [2.75, 3.05) is 7.05 Å². The van der Waals surface area contributed by atoms with Crippen LogP contribution in [0.2, 0.25) is 0 Å². The zero-order valence-electron chi connectivity index (χ0n) is 16.3. The molecule has 1 amide bonds. The molecule has 2 aromatic carbocycles. The van der Waals surface area contributed by atoms with E-state index in [1.807, 2.05) is 19.1 Å². The van der Waals surface area contributed by atoms with Gasteiger partial charge in [0.1, 0.15) is 11.5 Å². The number of rotatable bonds is 5. The first-order valence-corrected chi connectivity index (χ1v) is 9.43. The number of carbonyl (C=O) groups excluding carboxylic acids is 1. The lowest BCUT2D eigenvalue weighted by Crippen LogP contribution is -2.24. The summed E-state index contributed by atoms with van der Waals surface area (Å²) in [5, 5.41) is 6.38. The van der Waals surface area contributed by atoms with E-state index in [0.717, 1.165) is 23.6 Å². The summed E-state index contributed by atoms with van der Waals surface area (Å²) in [6, 6.07) is 16.6. The molecule has 0 aliphatic carbocycles. The van der Waals surface area contributed by atoms with Crippen LogP contribution in [-0.2, 0) is 17.9 Å². The number of fused-ring (bicyclic) bond motifs is 3. The number of carbonyl (C=O) groups is 1. The monoisotopic (exact) mass is 373 g/mol. The molecule has 0 saturated carbocycles. The van der Waals surface area contributed by atoms with Gasteiger partial charge in [0.05, 0.1) is 6.54 Å². The number of aromatic nitrogens is 2. The van der Waals surface area contributed by atoms with Crippen molar-refractivity contribution in [2.45, 2.75) is 26.9 Å². The largest absolute Gasteiger partial charge is 0.361 e. The van der Waals surface area contributed by atoms with E-state index in [1.165, 1.54) is 21.8 Å². The zero-order chi connectivity index (χ0) is 19.7. The second-order valence-electron chi connectivity index (χ2n) is 6.99. The number of nitrogens with zero attached hydrogens (tertiary/aromatic N) is 3. The number of aryl methyl sites for hydroxylation is 2. The maximum absolute atomic E-state index is 12.4. The molecule has 2 heterocycles. The van der Waals surface area contributed by atoms with Crippen LogP contribution in [0.4, 0.5) is 0 Å². The number of amides is 1. The molecular formula is C23H23N3O2. The number of hydrogen-bond donors (Lipinski definition) is 0. The Hall–Kier alpha value is -3.34. The molecule has 0 atom stereocenters. The van der Waals surface area contributed by atoms with Crippen molar-refractivity contribution >= 4 is 33.8 Å². The molecule has 0 radical (unpaired) electrons. The van der Waals surface area contributed by atoms with Gasteiger partial charge in [-0.15, -0.1) is 0 Å². The van der Waals surface area contributed by atoms with Gasteiger partial charge in [0, 0.05) is 47.5 Å². The van der Waals surface area contributed by atoms with Crippen LogP contribution in [0.3, 0.4) is 0 Å². The van der Waals surface area contributed by atoms with Crippen LogP contribution in [0.15, 0.2) is 59.1 Å².